The van der Waals surface area contributed by atoms with E-state index in [9.17, 15) is 4.79 Å². The molecule has 29 heavy (non-hydrogen) atoms. The van der Waals surface area contributed by atoms with Gasteiger partial charge in [0.25, 0.3) is 5.56 Å². The Morgan fingerprint density at radius 3 is 2.79 bits per heavy atom. The molecule has 0 aliphatic carbocycles. The average Bonchev–Trinajstić information content (AvgIpc) is 3.22. The van der Waals surface area contributed by atoms with E-state index in [1.54, 1.807) is 11.8 Å². The van der Waals surface area contributed by atoms with Crippen molar-refractivity contribution in [3.05, 3.63) is 74.5 Å². The summed E-state index contributed by atoms with van der Waals surface area (Å²) in [5.74, 6) is 1.07. The molecule has 0 spiro atoms. The minimum absolute atomic E-state index is 0.344. The van der Waals surface area contributed by atoms with Crippen LogP contribution in [0.5, 0.6) is 5.75 Å². The molecule has 9 nitrogen and oxygen atoms in total. The maximum absolute atomic E-state index is 12.6. The number of ether oxygens (including phenoxy) is 1. The molecule has 2 aromatic heterocycles. The van der Waals surface area contributed by atoms with Crippen molar-refractivity contribution < 1.29 is 4.74 Å². The topological polar surface area (TPSA) is 111 Å². The lowest BCUT2D eigenvalue weighted by atomic mass is 9.92. The molecular weight excluding hydrogens is 438 g/mol. The number of nitrogens with zero attached hydrogens (tertiary/aromatic N) is 5. The summed E-state index contributed by atoms with van der Waals surface area (Å²) in [5, 5.41) is 21.9. The number of aromatic amines is 1. The van der Waals surface area contributed by atoms with Crippen LogP contribution in [0.2, 0.25) is 0 Å². The van der Waals surface area contributed by atoms with Crippen molar-refractivity contribution in [1.29, 1.82) is 0 Å². The molecule has 0 saturated carbocycles. The Bertz CT molecular complexity index is 1270. The number of anilines is 2. The summed E-state index contributed by atoms with van der Waals surface area (Å²) in [4.78, 5) is 12.6. The number of H-pyrrole nitrogens is 1. The van der Waals surface area contributed by atoms with E-state index in [-0.39, 0.29) is 5.56 Å². The molecule has 1 aliphatic rings. The zero-order valence-corrected chi connectivity index (χ0v) is 16.7. The zero-order chi connectivity index (χ0) is 20.0. The summed E-state index contributed by atoms with van der Waals surface area (Å²) >= 11 is 3.45. The van der Waals surface area contributed by atoms with Crippen LogP contribution in [0, 0.1) is 0 Å². The quantitative estimate of drug-likeness (QED) is 0.433. The van der Waals surface area contributed by atoms with Crippen LogP contribution in [0.15, 0.2) is 57.8 Å². The second-order valence-corrected chi connectivity index (χ2v) is 7.36. The monoisotopic (exact) mass is 451 g/mol. The van der Waals surface area contributed by atoms with Gasteiger partial charge in [0.1, 0.15) is 17.5 Å². The first-order chi connectivity index (χ1) is 14.2. The van der Waals surface area contributed by atoms with E-state index in [1.165, 1.54) is 0 Å². The highest BCUT2D eigenvalue weighted by molar-refractivity contribution is 9.10. The molecule has 1 atom stereocenters. The molecular formula is C19H14BrN7O2. The molecule has 10 heteroatoms. The Hall–Kier alpha value is -3.53. The highest BCUT2D eigenvalue weighted by Gasteiger charge is 2.34. The molecule has 1 aliphatic heterocycles. The van der Waals surface area contributed by atoms with Crippen molar-refractivity contribution in [2.45, 2.75) is 6.04 Å². The summed E-state index contributed by atoms with van der Waals surface area (Å²) in [6, 6.07) is 14.8. The van der Waals surface area contributed by atoms with E-state index in [0.717, 1.165) is 15.6 Å². The highest BCUT2D eigenvalue weighted by Crippen LogP contribution is 2.41. The van der Waals surface area contributed by atoms with Crippen molar-refractivity contribution in [1.82, 2.24) is 30.4 Å². The number of aromatic nitrogens is 6. The lowest BCUT2D eigenvalue weighted by Crippen LogP contribution is -2.29. The molecule has 5 rings (SSSR count). The van der Waals surface area contributed by atoms with Gasteiger partial charge in [-0.15, -0.1) is 0 Å². The second-order valence-electron chi connectivity index (χ2n) is 6.45. The summed E-state index contributed by atoms with van der Waals surface area (Å²) < 4.78 is 7.98. The van der Waals surface area contributed by atoms with Gasteiger partial charge in [-0.2, -0.15) is 9.78 Å². The lowest BCUT2D eigenvalue weighted by Gasteiger charge is -2.28. The van der Waals surface area contributed by atoms with Crippen LogP contribution in [0.3, 0.4) is 0 Å². The third kappa shape index (κ3) is 2.88. The largest absolute Gasteiger partial charge is 0.497 e. The third-order valence-corrected chi connectivity index (χ3v) is 5.32. The number of halogens is 1. The van der Waals surface area contributed by atoms with Gasteiger partial charge in [-0.1, -0.05) is 45.3 Å². The first kappa shape index (κ1) is 17.6. The molecule has 0 fully saturated rings. The van der Waals surface area contributed by atoms with Crippen LogP contribution < -0.4 is 15.6 Å². The Morgan fingerprint density at radius 2 is 2.00 bits per heavy atom. The molecule has 4 aromatic rings. The van der Waals surface area contributed by atoms with Crippen molar-refractivity contribution >= 4 is 27.6 Å². The van der Waals surface area contributed by atoms with Crippen molar-refractivity contribution in [2.24, 2.45) is 0 Å². The van der Waals surface area contributed by atoms with Gasteiger partial charge in [0.2, 0.25) is 5.95 Å². The maximum Gasteiger partial charge on any atom is 0.288 e. The maximum atomic E-state index is 12.6. The lowest BCUT2D eigenvalue weighted by molar-refractivity contribution is 0.413. The highest BCUT2D eigenvalue weighted by atomic mass is 79.9. The fraction of sp³-hybridized carbons (Fsp3) is 0.105. The molecule has 0 saturated heterocycles. The molecule has 0 unspecified atom stereocenters. The van der Waals surface area contributed by atoms with Gasteiger partial charge in [0, 0.05) is 15.6 Å². The van der Waals surface area contributed by atoms with Gasteiger partial charge < -0.3 is 10.1 Å². The van der Waals surface area contributed by atoms with Crippen LogP contribution >= 0.6 is 15.9 Å². The van der Waals surface area contributed by atoms with Gasteiger partial charge in [0.15, 0.2) is 0 Å². The van der Waals surface area contributed by atoms with Gasteiger partial charge in [-0.3, -0.25) is 4.79 Å². The predicted molar refractivity (Wildman–Crippen MR) is 109 cm³/mol. The summed E-state index contributed by atoms with van der Waals surface area (Å²) in [6.45, 7) is 0. The minimum atomic E-state index is -0.459. The summed E-state index contributed by atoms with van der Waals surface area (Å²) in [7, 11) is 1.61. The number of rotatable bonds is 3. The van der Waals surface area contributed by atoms with Gasteiger partial charge in [0.05, 0.1) is 12.8 Å². The fourth-order valence-corrected chi connectivity index (χ4v) is 3.75. The number of methoxy groups -OCH3 is 1. The normalized spacial score (nSPS) is 14.6. The van der Waals surface area contributed by atoms with E-state index >= 15 is 0 Å². The number of benzene rings is 2. The minimum Gasteiger partial charge on any atom is -0.497 e. The average molecular weight is 452 g/mol. The van der Waals surface area contributed by atoms with Crippen LogP contribution in [0.1, 0.15) is 17.2 Å². The Balaban J connectivity index is 1.81. The van der Waals surface area contributed by atoms with E-state index in [0.29, 0.717) is 28.6 Å². The molecule has 3 heterocycles. The molecule has 0 radical (unpaired) electrons. The number of fused-ring (bicyclic) bond motifs is 2. The van der Waals surface area contributed by atoms with Gasteiger partial charge >= 0.3 is 0 Å². The predicted octanol–water partition coefficient (Wildman–Crippen LogP) is 2.89. The van der Waals surface area contributed by atoms with Crippen molar-refractivity contribution in [3.63, 3.8) is 0 Å². The van der Waals surface area contributed by atoms with E-state index in [2.05, 4.69) is 47.0 Å². The van der Waals surface area contributed by atoms with E-state index in [4.69, 9.17) is 4.74 Å². The summed E-state index contributed by atoms with van der Waals surface area (Å²) in [6.07, 6.45) is 0. The molecule has 2 aromatic carbocycles. The number of nitrogens with one attached hydrogen (secondary N) is 2. The number of hydrogen-bond donors (Lipinski definition) is 2. The van der Waals surface area contributed by atoms with Gasteiger partial charge in [-0.05, 0) is 40.3 Å². The Morgan fingerprint density at radius 1 is 1.17 bits per heavy atom. The van der Waals surface area contributed by atoms with Crippen LogP contribution in [-0.2, 0) is 0 Å². The summed E-state index contributed by atoms with van der Waals surface area (Å²) in [5.41, 5.74) is 3.06. The SMILES string of the molecule is COc1cccc([C@@H]2c3c(-c4ccc(Br)cc4)n[nH]c(=O)c3Nc3nnnn32)c1. The fourth-order valence-electron chi connectivity index (χ4n) is 3.49. The van der Waals surface area contributed by atoms with Gasteiger partial charge in [-0.25, -0.2) is 5.10 Å². The number of hydrogen-bond acceptors (Lipinski definition) is 7. The molecule has 0 amide bonds. The molecule has 144 valence electrons. The second kappa shape index (κ2) is 6.82. The molecule has 0 bridgehead atoms. The number of tetrazole rings is 1. The standard InChI is InChI=1S/C19H14BrN7O2/c1-29-13-4-2-3-11(9-13)17-14-15(10-5-7-12(20)8-6-10)22-23-18(28)16(14)21-19-24-25-26-27(17)19/h2-9,17H,1H3,(H,23,28)(H,21,24,26)/t17-/m1/s1. The van der Waals surface area contributed by atoms with Crippen molar-refractivity contribution in [3.8, 4) is 17.0 Å². The van der Waals surface area contributed by atoms with Crippen LogP contribution in [0.4, 0.5) is 11.6 Å². The first-order valence-electron chi connectivity index (χ1n) is 8.73. The Kier molecular flexibility index (Phi) is 4.13. The molecule has 2 N–H and O–H groups in total. The smallest absolute Gasteiger partial charge is 0.288 e. The van der Waals surface area contributed by atoms with Crippen LogP contribution in [-0.4, -0.2) is 37.5 Å². The first-order valence-corrected chi connectivity index (χ1v) is 9.52. The van der Waals surface area contributed by atoms with E-state index in [1.807, 2.05) is 48.5 Å². The third-order valence-electron chi connectivity index (χ3n) is 4.80. The van der Waals surface area contributed by atoms with Crippen molar-refractivity contribution in [2.75, 3.05) is 12.4 Å². The zero-order valence-electron chi connectivity index (χ0n) is 15.1. The Labute approximate surface area is 172 Å². The van der Waals surface area contributed by atoms with E-state index < -0.39 is 6.04 Å². The van der Waals surface area contributed by atoms with Crippen LogP contribution in [0.25, 0.3) is 11.3 Å².